The van der Waals surface area contributed by atoms with Gasteiger partial charge in [-0.25, -0.2) is 18.4 Å². The predicted octanol–water partition coefficient (Wildman–Crippen LogP) is 3.09. The fourth-order valence-corrected chi connectivity index (χ4v) is 7.57. The van der Waals surface area contributed by atoms with Crippen molar-refractivity contribution in [1.29, 1.82) is 0 Å². The molecule has 0 amide bonds. The Balaban J connectivity index is 2.06. The lowest BCUT2D eigenvalue weighted by molar-refractivity contribution is -0.254. The molecule has 0 radical (unpaired) electrons. The van der Waals surface area contributed by atoms with Crippen molar-refractivity contribution in [3.8, 4) is 10.7 Å². The van der Waals surface area contributed by atoms with Gasteiger partial charge in [0.05, 0.1) is 43.2 Å². The topological polar surface area (TPSA) is 105 Å². The average Bonchev–Trinajstić information content (AvgIpc) is 3.31. The van der Waals surface area contributed by atoms with Crippen LogP contribution in [0.2, 0.25) is 0 Å². The second kappa shape index (κ2) is 6.75. The van der Waals surface area contributed by atoms with E-state index in [0.29, 0.717) is 0 Å². The zero-order valence-corrected chi connectivity index (χ0v) is 17.7. The molecule has 0 aliphatic heterocycles. The van der Waals surface area contributed by atoms with Crippen LogP contribution >= 0.6 is 22.7 Å². The van der Waals surface area contributed by atoms with Gasteiger partial charge in [-0.1, -0.05) is 6.92 Å². The van der Waals surface area contributed by atoms with Crippen molar-refractivity contribution < 1.29 is 31.5 Å². The van der Waals surface area contributed by atoms with Crippen LogP contribution in [0.25, 0.3) is 31.1 Å². The minimum atomic E-state index is -4.66. The number of pyridine rings is 1. The molecule has 0 bridgehead atoms. The number of carboxylic acids is 1. The maximum Gasteiger partial charge on any atom is 0.433 e. The molecule has 30 heavy (non-hydrogen) atoms. The molecule has 13 heteroatoms. The van der Waals surface area contributed by atoms with E-state index in [-0.39, 0.29) is 47.3 Å². The number of aromatic carboxylic acids is 1. The van der Waals surface area contributed by atoms with E-state index in [0.717, 1.165) is 34.9 Å². The SMILES string of the molecule is CCS(=O)(=O)c1c(-c2nc3cc(C(F)(F)F)ncc3n2C)sc2c(C(=O)[O-])csc12. The standard InChI is InChI=1S/C17H12F3N3O4S3/c1-3-30(26,27)14-12-11(7(6-28-12)16(24)25)29-13(14)15-22-8-4-10(17(18,19)20)21-5-9(8)23(15)2/h4-6H,3H2,1-2H3,(H,24,25)/p-1. The van der Waals surface area contributed by atoms with Gasteiger partial charge in [0.15, 0.2) is 15.7 Å². The van der Waals surface area contributed by atoms with Crippen LogP contribution in [0.3, 0.4) is 0 Å². The molecule has 0 atom stereocenters. The normalized spacial score (nSPS) is 12.8. The number of aromatic nitrogens is 3. The van der Waals surface area contributed by atoms with Crippen LogP contribution in [-0.4, -0.2) is 34.7 Å². The Morgan fingerprint density at radius 1 is 1.30 bits per heavy atom. The number of carboxylic acid groups (broad SMARTS) is 1. The van der Waals surface area contributed by atoms with Gasteiger partial charge in [-0.2, -0.15) is 13.2 Å². The lowest BCUT2D eigenvalue weighted by Crippen LogP contribution is -2.21. The van der Waals surface area contributed by atoms with Gasteiger partial charge >= 0.3 is 6.18 Å². The number of carbonyl (C=O) groups is 1. The minimum absolute atomic E-state index is 0.00782. The molecule has 4 heterocycles. The summed E-state index contributed by atoms with van der Waals surface area (Å²) in [4.78, 5) is 19.1. The molecule has 4 aromatic heterocycles. The maximum atomic E-state index is 13.0. The number of halogens is 3. The Bertz CT molecular complexity index is 1430. The number of sulfone groups is 1. The summed E-state index contributed by atoms with van der Waals surface area (Å²) < 4.78 is 66.5. The molecule has 0 unspecified atom stereocenters. The average molecular weight is 474 g/mol. The summed E-state index contributed by atoms with van der Waals surface area (Å²) in [5.74, 6) is -1.58. The van der Waals surface area contributed by atoms with E-state index >= 15 is 0 Å². The first-order valence-corrected chi connectivity index (χ1v) is 11.7. The number of rotatable bonds is 4. The zero-order chi connectivity index (χ0) is 22.0. The van der Waals surface area contributed by atoms with Gasteiger partial charge in [-0.3, -0.25) is 0 Å². The molecule has 0 saturated heterocycles. The predicted molar refractivity (Wildman–Crippen MR) is 104 cm³/mol. The van der Waals surface area contributed by atoms with Gasteiger partial charge in [0.1, 0.15) is 10.6 Å². The molecule has 0 aromatic carbocycles. The number of alkyl halides is 3. The lowest BCUT2D eigenvalue weighted by Gasteiger charge is -2.05. The molecule has 0 fully saturated rings. The first-order chi connectivity index (χ1) is 14.0. The first kappa shape index (κ1) is 20.8. The Morgan fingerprint density at radius 2 is 2.00 bits per heavy atom. The van der Waals surface area contributed by atoms with E-state index < -0.39 is 27.7 Å². The number of aryl methyl sites for hydroxylation is 1. The van der Waals surface area contributed by atoms with Crippen LogP contribution in [0.5, 0.6) is 0 Å². The van der Waals surface area contributed by atoms with E-state index in [2.05, 4.69) is 9.97 Å². The van der Waals surface area contributed by atoms with Crippen LogP contribution in [-0.2, 0) is 23.1 Å². The third-order valence-electron chi connectivity index (χ3n) is 4.53. The Morgan fingerprint density at radius 3 is 2.60 bits per heavy atom. The fraction of sp³-hybridized carbons (Fsp3) is 0.235. The van der Waals surface area contributed by atoms with Gasteiger partial charge in [-0.15, -0.1) is 22.7 Å². The summed E-state index contributed by atoms with van der Waals surface area (Å²) in [5, 5.41) is 12.7. The van der Waals surface area contributed by atoms with E-state index in [1.54, 1.807) is 0 Å². The molecular formula is C17H11F3N3O4S3-. The van der Waals surface area contributed by atoms with Crippen molar-refractivity contribution in [3.05, 3.63) is 28.9 Å². The molecule has 4 rings (SSSR count). The number of nitrogens with zero attached hydrogens (tertiary/aromatic N) is 3. The zero-order valence-electron chi connectivity index (χ0n) is 15.3. The Kier molecular flexibility index (Phi) is 4.67. The van der Waals surface area contributed by atoms with Crippen LogP contribution in [0.1, 0.15) is 23.0 Å². The highest BCUT2D eigenvalue weighted by atomic mass is 32.2. The second-order valence-electron chi connectivity index (χ2n) is 6.31. The molecule has 0 aliphatic rings. The van der Waals surface area contributed by atoms with E-state index in [9.17, 15) is 31.5 Å². The van der Waals surface area contributed by atoms with Gasteiger partial charge in [-0.05, 0) is 6.07 Å². The number of fused-ring (bicyclic) bond motifs is 2. The van der Waals surface area contributed by atoms with Crippen LogP contribution in [0.15, 0.2) is 22.5 Å². The van der Waals surface area contributed by atoms with Gasteiger partial charge in [0.25, 0.3) is 0 Å². The highest BCUT2D eigenvalue weighted by Gasteiger charge is 2.34. The summed E-state index contributed by atoms with van der Waals surface area (Å²) >= 11 is 1.86. The maximum absolute atomic E-state index is 13.0. The quantitative estimate of drug-likeness (QED) is 0.450. The van der Waals surface area contributed by atoms with Crippen LogP contribution in [0.4, 0.5) is 13.2 Å². The second-order valence-corrected chi connectivity index (χ2v) is 10.4. The van der Waals surface area contributed by atoms with Gasteiger partial charge in [0.2, 0.25) is 0 Å². The summed E-state index contributed by atoms with van der Waals surface area (Å²) in [7, 11) is -2.28. The molecule has 4 aromatic rings. The van der Waals surface area contributed by atoms with E-state index in [1.165, 1.54) is 23.9 Å². The highest BCUT2D eigenvalue weighted by Crippen LogP contribution is 2.46. The first-order valence-electron chi connectivity index (χ1n) is 8.33. The molecule has 0 spiro atoms. The van der Waals surface area contributed by atoms with Crippen molar-refractivity contribution in [2.45, 2.75) is 18.0 Å². The van der Waals surface area contributed by atoms with Crippen molar-refractivity contribution in [2.24, 2.45) is 7.05 Å². The van der Waals surface area contributed by atoms with Crippen molar-refractivity contribution in [3.63, 3.8) is 0 Å². The number of hydrogen-bond acceptors (Lipinski definition) is 8. The van der Waals surface area contributed by atoms with Crippen molar-refractivity contribution in [2.75, 3.05) is 5.75 Å². The number of hydrogen-bond donors (Lipinski definition) is 0. The highest BCUT2D eigenvalue weighted by molar-refractivity contribution is 7.92. The van der Waals surface area contributed by atoms with Crippen molar-refractivity contribution >= 4 is 58.9 Å². The van der Waals surface area contributed by atoms with E-state index in [1.807, 2.05) is 0 Å². The summed E-state index contributed by atoms with van der Waals surface area (Å²) in [6, 6.07) is 0.787. The van der Waals surface area contributed by atoms with Gasteiger partial charge in [0, 0.05) is 18.0 Å². The fourth-order valence-electron chi connectivity index (χ4n) is 3.02. The summed E-state index contributed by atoms with van der Waals surface area (Å²) in [5.41, 5.74) is -0.993. The molecule has 158 valence electrons. The van der Waals surface area contributed by atoms with E-state index in [4.69, 9.17) is 0 Å². The Labute approximate surface area is 175 Å². The van der Waals surface area contributed by atoms with Crippen LogP contribution < -0.4 is 5.11 Å². The lowest BCUT2D eigenvalue weighted by atomic mass is 10.3. The molecular weight excluding hydrogens is 463 g/mol. The monoisotopic (exact) mass is 474 g/mol. The summed E-state index contributed by atoms with van der Waals surface area (Å²) in [6.07, 6.45) is -3.64. The number of carbonyl (C=O) groups excluding carboxylic acids is 1. The Hall–Kier alpha value is -2.51. The molecule has 7 nitrogen and oxygen atoms in total. The van der Waals surface area contributed by atoms with Crippen LogP contribution in [0, 0.1) is 0 Å². The van der Waals surface area contributed by atoms with Gasteiger partial charge < -0.3 is 14.5 Å². The molecule has 0 N–H and O–H groups in total. The third kappa shape index (κ3) is 3.08. The number of imidazole rings is 1. The number of thiophene rings is 2. The molecule has 0 aliphatic carbocycles. The third-order valence-corrected chi connectivity index (χ3v) is 8.93. The molecule has 0 saturated carbocycles. The largest absolute Gasteiger partial charge is 0.545 e. The summed E-state index contributed by atoms with van der Waals surface area (Å²) in [6.45, 7) is 1.45. The smallest absolute Gasteiger partial charge is 0.433 e. The van der Waals surface area contributed by atoms with Crippen molar-refractivity contribution in [1.82, 2.24) is 14.5 Å². The minimum Gasteiger partial charge on any atom is -0.545 e.